The van der Waals surface area contributed by atoms with Gasteiger partial charge in [-0.15, -0.1) is 0 Å². The van der Waals surface area contributed by atoms with E-state index in [4.69, 9.17) is 4.74 Å². The third-order valence-corrected chi connectivity index (χ3v) is 6.06. The number of benzene rings is 2. The van der Waals surface area contributed by atoms with Gasteiger partial charge in [0.05, 0.1) is 18.7 Å². The third-order valence-electron chi connectivity index (χ3n) is 6.06. The van der Waals surface area contributed by atoms with Crippen molar-refractivity contribution >= 4 is 23.1 Å². The molecule has 0 aliphatic carbocycles. The molecule has 1 fully saturated rings. The van der Waals surface area contributed by atoms with Crippen molar-refractivity contribution in [3.63, 3.8) is 0 Å². The Hall–Kier alpha value is -3.93. The summed E-state index contributed by atoms with van der Waals surface area (Å²) in [5, 5.41) is 11.4. The normalized spacial score (nSPS) is 17.5. The number of methoxy groups -OCH3 is 1. The van der Waals surface area contributed by atoms with E-state index in [1.54, 1.807) is 37.7 Å². The van der Waals surface area contributed by atoms with Crippen molar-refractivity contribution < 1.29 is 19.4 Å². The number of hydrogen-bond donors (Lipinski definition) is 1. The Morgan fingerprint density at radius 1 is 1.09 bits per heavy atom. The number of aliphatic hydroxyl groups is 1. The molecule has 0 spiro atoms. The number of Topliss-reactive ketones (excluding diaryl/α,β-unsaturated/α-hetero) is 1. The molecule has 0 radical (unpaired) electrons. The number of anilines is 1. The maximum Gasteiger partial charge on any atom is 0.300 e. The third kappa shape index (κ3) is 3.89. The largest absolute Gasteiger partial charge is 0.507 e. The molecule has 1 unspecified atom stereocenters. The van der Waals surface area contributed by atoms with Crippen LogP contribution in [0.25, 0.3) is 5.76 Å². The number of pyridine rings is 1. The van der Waals surface area contributed by atoms with Gasteiger partial charge < -0.3 is 9.84 Å². The molecule has 6 heteroatoms. The van der Waals surface area contributed by atoms with Crippen molar-refractivity contribution in [2.24, 2.45) is 0 Å². The van der Waals surface area contributed by atoms with Crippen molar-refractivity contribution in [3.05, 3.63) is 94.3 Å². The topological polar surface area (TPSA) is 79.7 Å². The van der Waals surface area contributed by atoms with E-state index in [0.29, 0.717) is 22.6 Å². The number of amides is 1. The van der Waals surface area contributed by atoms with Crippen LogP contribution >= 0.6 is 0 Å². The highest BCUT2D eigenvalue weighted by Crippen LogP contribution is 2.42. The zero-order chi connectivity index (χ0) is 23.7. The first kappa shape index (κ1) is 22.3. The quantitative estimate of drug-likeness (QED) is 0.346. The number of hydrogen-bond acceptors (Lipinski definition) is 5. The first-order valence-corrected chi connectivity index (χ1v) is 10.8. The Kier molecular flexibility index (Phi) is 6.01. The van der Waals surface area contributed by atoms with E-state index in [1.807, 2.05) is 44.2 Å². The molecule has 1 aliphatic heterocycles. The van der Waals surface area contributed by atoms with Gasteiger partial charge in [0.15, 0.2) is 0 Å². The highest BCUT2D eigenvalue weighted by Gasteiger charge is 2.47. The van der Waals surface area contributed by atoms with Crippen LogP contribution in [-0.4, -0.2) is 28.9 Å². The number of aromatic nitrogens is 1. The zero-order valence-corrected chi connectivity index (χ0v) is 19.1. The standard InChI is InChI=1S/C27H26N2O4/c1-5-18-8-10-20(11-9-18)29-24(19-7-6-12-28-15-19)23(26(31)27(29)32)25(30)21-13-17(3)22(33-4)14-16(21)2/h6-15,24,30H,5H2,1-4H3/b25-23+. The van der Waals surface area contributed by atoms with E-state index in [9.17, 15) is 14.7 Å². The Labute approximate surface area is 193 Å². The van der Waals surface area contributed by atoms with Gasteiger partial charge in [-0.25, -0.2) is 0 Å². The van der Waals surface area contributed by atoms with Crippen molar-refractivity contribution in [2.75, 3.05) is 12.0 Å². The molecule has 1 aliphatic rings. The molecule has 33 heavy (non-hydrogen) atoms. The van der Waals surface area contributed by atoms with Crippen molar-refractivity contribution in [2.45, 2.75) is 33.2 Å². The van der Waals surface area contributed by atoms with Gasteiger partial charge in [-0.2, -0.15) is 0 Å². The van der Waals surface area contributed by atoms with Crippen LogP contribution in [0.5, 0.6) is 5.75 Å². The molecule has 1 atom stereocenters. The van der Waals surface area contributed by atoms with E-state index in [1.165, 1.54) is 4.90 Å². The average Bonchev–Trinajstić information content (AvgIpc) is 3.10. The van der Waals surface area contributed by atoms with Gasteiger partial charge in [-0.3, -0.25) is 19.5 Å². The van der Waals surface area contributed by atoms with Crippen LogP contribution in [0.4, 0.5) is 5.69 Å². The second kappa shape index (κ2) is 8.90. The molecule has 0 saturated carbocycles. The second-order valence-electron chi connectivity index (χ2n) is 8.11. The molecule has 4 rings (SSSR count). The number of nitrogens with zero attached hydrogens (tertiary/aromatic N) is 2. The molecule has 3 aromatic rings. The van der Waals surface area contributed by atoms with Gasteiger partial charge in [0.25, 0.3) is 11.7 Å². The SMILES string of the molecule is CCc1ccc(N2C(=O)C(=O)/C(=C(/O)c3cc(C)c(OC)cc3C)C2c2cccnc2)cc1. The number of ketones is 1. The Balaban J connectivity index is 1.94. The lowest BCUT2D eigenvalue weighted by atomic mass is 9.93. The summed E-state index contributed by atoms with van der Waals surface area (Å²) in [7, 11) is 1.58. The fraction of sp³-hybridized carbons (Fsp3) is 0.222. The number of aliphatic hydroxyl groups excluding tert-OH is 1. The van der Waals surface area contributed by atoms with Gasteiger partial charge in [-0.05, 0) is 72.9 Å². The zero-order valence-electron chi connectivity index (χ0n) is 19.1. The molecular weight excluding hydrogens is 416 g/mol. The van der Waals surface area contributed by atoms with E-state index in [-0.39, 0.29) is 11.3 Å². The van der Waals surface area contributed by atoms with E-state index in [0.717, 1.165) is 23.1 Å². The average molecular weight is 443 g/mol. The van der Waals surface area contributed by atoms with Crippen molar-refractivity contribution in [1.29, 1.82) is 0 Å². The summed E-state index contributed by atoms with van der Waals surface area (Å²) in [5.74, 6) is -0.936. The molecule has 2 aromatic carbocycles. The van der Waals surface area contributed by atoms with Gasteiger partial charge in [0, 0.05) is 23.6 Å². The lowest BCUT2D eigenvalue weighted by Crippen LogP contribution is -2.29. The van der Waals surface area contributed by atoms with Crippen LogP contribution in [0.2, 0.25) is 0 Å². The van der Waals surface area contributed by atoms with Gasteiger partial charge in [0.2, 0.25) is 0 Å². The summed E-state index contributed by atoms with van der Waals surface area (Å²) >= 11 is 0. The molecule has 168 valence electrons. The predicted octanol–water partition coefficient (Wildman–Crippen LogP) is 4.90. The summed E-state index contributed by atoms with van der Waals surface area (Å²) in [6.07, 6.45) is 4.10. The fourth-order valence-electron chi connectivity index (χ4n) is 4.25. The minimum absolute atomic E-state index is 0.0419. The van der Waals surface area contributed by atoms with Crippen LogP contribution in [0.3, 0.4) is 0 Å². The van der Waals surface area contributed by atoms with Crippen LogP contribution in [0.15, 0.2) is 66.5 Å². The monoisotopic (exact) mass is 442 g/mol. The summed E-state index contributed by atoms with van der Waals surface area (Å²) in [6.45, 7) is 5.74. The Bertz CT molecular complexity index is 1250. The molecule has 1 saturated heterocycles. The van der Waals surface area contributed by atoms with Crippen LogP contribution in [-0.2, 0) is 16.0 Å². The van der Waals surface area contributed by atoms with Gasteiger partial charge >= 0.3 is 0 Å². The van der Waals surface area contributed by atoms with Crippen molar-refractivity contribution in [3.8, 4) is 5.75 Å². The summed E-state index contributed by atoms with van der Waals surface area (Å²) in [4.78, 5) is 32.1. The predicted molar refractivity (Wildman–Crippen MR) is 127 cm³/mol. The number of carbonyl (C=O) groups is 2. The highest BCUT2D eigenvalue weighted by molar-refractivity contribution is 6.51. The lowest BCUT2D eigenvalue weighted by Gasteiger charge is -2.25. The van der Waals surface area contributed by atoms with Crippen LogP contribution < -0.4 is 9.64 Å². The minimum atomic E-state index is -0.798. The fourth-order valence-corrected chi connectivity index (χ4v) is 4.25. The Morgan fingerprint density at radius 3 is 2.42 bits per heavy atom. The molecule has 1 aromatic heterocycles. The van der Waals surface area contributed by atoms with E-state index in [2.05, 4.69) is 11.9 Å². The minimum Gasteiger partial charge on any atom is -0.507 e. The van der Waals surface area contributed by atoms with E-state index >= 15 is 0 Å². The highest BCUT2D eigenvalue weighted by atomic mass is 16.5. The van der Waals surface area contributed by atoms with Crippen LogP contribution in [0.1, 0.15) is 40.8 Å². The van der Waals surface area contributed by atoms with Crippen LogP contribution in [0, 0.1) is 13.8 Å². The van der Waals surface area contributed by atoms with Gasteiger partial charge in [0.1, 0.15) is 11.5 Å². The lowest BCUT2D eigenvalue weighted by molar-refractivity contribution is -0.132. The summed E-state index contributed by atoms with van der Waals surface area (Å²) in [5.41, 5.74) is 4.43. The maximum atomic E-state index is 13.3. The molecule has 2 heterocycles. The first-order chi connectivity index (χ1) is 15.9. The first-order valence-electron chi connectivity index (χ1n) is 10.8. The maximum absolute atomic E-state index is 13.3. The molecule has 6 nitrogen and oxygen atoms in total. The molecule has 1 amide bonds. The summed E-state index contributed by atoms with van der Waals surface area (Å²) in [6, 6.07) is 13.9. The molecule has 0 bridgehead atoms. The van der Waals surface area contributed by atoms with E-state index < -0.39 is 17.7 Å². The number of rotatable bonds is 5. The molecule has 1 N–H and O–H groups in total. The smallest absolute Gasteiger partial charge is 0.300 e. The second-order valence-corrected chi connectivity index (χ2v) is 8.11. The number of ether oxygens (including phenoxy) is 1. The van der Waals surface area contributed by atoms with Crippen molar-refractivity contribution in [1.82, 2.24) is 4.98 Å². The summed E-state index contributed by atoms with van der Waals surface area (Å²) < 4.78 is 5.37. The molecular formula is C27H26N2O4. The van der Waals surface area contributed by atoms with Gasteiger partial charge in [-0.1, -0.05) is 25.1 Å². The number of aryl methyl sites for hydroxylation is 3. The Morgan fingerprint density at radius 2 is 1.82 bits per heavy atom. The number of carbonyl (C=O) groups excluding carboxylic acids is 2.